The Kier molecular flexibility index (Phi) is 2.10. The number of benzene rings is 2. The van der Waals surface area contributed by atoms with E-state index in [9.17, 15) is 0 Å². The number of para-hydroxylation sites is 2. The smallest absolute Gasteiger partial charge is 0.0727 e. The van der Waals surface area contributed by atoms with E-state index < -0.39 is 0 Å². The van der Waals surface area contributed by atoms with Crippen LogP contribution in [-0.4, -0.2) is 11.1 Å². The summed E-state index contributed by atoms with van der Waals surface area (Å²) in [5.41, 5.74) is 4.02. The van der Waals surface area contributed by atoms with Gasteiger partial charge in [0.2, 0.25) is 0 Å². The topological polar surface area (TPSA) is 17.0 Å². The lowest BCUT2D eigenvalue weighted by Crippen LogP contribution is -2.09. The van der Waals surface area contributed by atoms with Gasteiger partial charge < -0.3 is 9.88 Å². The van der Waals surface area contributed by atoms with Crippen LogP contribution in [0.25, 0.3) is 21.8 Å². The summed E-state index contributed by atoms with van der Waals surface area (Å²) in [6.45, 7) is 2.21. The van der Waals surface area contributed by atoms with Gasteiger partial charge >= 0.3 is 0 Å². The van der Waals surface area contributed by atoms with Crippen LogP contribution < -0.4 is 5.32 Å². The second-order valence-electron chi connectivity index (χ2n) is 5.00. The first-order valence-electron chi connectivity index (χ1n) is 6.69. The molecule has 2 heteroatoms. The standard InChI is InChI=1S/C16H16N2/c1-2-9-15-12(6-1)13-7-5-8-14-16(13)18(15)11-4-3-10-17-14/h1-2,5-9,17H,3-4,10-11H2. The van der Waals surface area contributed by atoms with Crippen molar-refractivity contribution in [2.24, 2.45) is 0 Å². The lowest BCUT2D eigenvalue weighted by atomic mass is 10.1. The largest absolute Gasteiger partial charge is 0.383 e. The minimum atomic E-state index is 1.08. The molecular formula is C16H16N2. The highest BCUT2D eigenvalue weighted by Gasteiger charge is 2.14. The van der Waals surface area contributed by atoms with Gasteiger partial charge in [-0.3, -0.25) is 0 Å². The fourth-order valence-electron chi connectivity index (χ4n) is 3.10. The van der Waals surface area contributed by atoms with Crippen molar-refractivity contribution in [2.45, 2.75) is 19.4 Å². The van der Waals surface area contributed by atoms with Crippen molar-refractivity contribution in [1.82, 2.24) is 4.57 Å². The Morgan fingerprint density at radius 3 is 2.78 bits per heavy atom. The van der Waals surface area contributed by atoms with Crippen LogP contribution in [0.2, 0.25) is 0 Å². The van der Waals surface area contributed by atoms with Gasteiger partial charge in [0.15, 0.2) is 0 Å². The van der Waals surface area contributed by atoms with Gasteiger partial charge in [-0.1, -0.05) is 30.3 Å². The Balaban J connectivity index is 2.21. The maximum Gasteiger partial charge on any atom is 0.0727 e. The third kappa shape index (κ3) is 1.29. The molecule has 1 aliphatic rings. The fourth-order valence-corrected chi connectivity index (χ4v) is 3.10. The minimum absolute atomic E-state index is 1.08. The predicted molar refractivity (Wildman–Crippen MR) is 77.2 cm³/mol. The maximum atomic E-state index is 3.57. The number of hydrogen-bond donors (Lipinski definition) is 1. The highest BCUT2D eigenvalue weighted by molar-refractivity contribution is 6.11. The van der Waals surface area contributed by atoms with Gasteiger partial charge in [-0.05, 0) is 25.0 Å². The number of hydrogen-bond acceptors (Lipinski definition) is 1. The van der Waals surface area contributed by atoms with Crippen molar-refractivity contribution in [3.05, 3.63) is 42.5 Å². The van der Waals surface area contributed by atoms with Crippen LogP contribution in [0.4, 0.5) is 5.69 Å². The Hall–Kier alpha value is -1.96. The summed E-state index contributed by atoms with van der Waals surface area (Å²) in [5.74, 6) is 0. The van der Waals surface area contributed by atoms with E-state index in [1.54, 1.807) is 0 Å². The molecule has 1 aromatic heterocycles. The molecule has 2 nitrogen and oxygen atoms in total. The molecule has 90 valence electrons. The van der Waals surface area contributed by atoms with Gasteiger partial charge in [-0.2, -0.15) is 0 Å². The van der Waals surface area contributed by atoms with E-state index in [0.717, 1.165) is 13.1 Å². The molecule has 1 N–H and O–H groups in total. The summed E-state index contributed by atoms with van der Waals surface area (Å²) < 4.78 is 2.48. The third-order valence-electron chi connectivity index (χ3n) is 3.91. The van der Waals surface area contributed by atoms with Gasteiger partial charge in [0.25, 0.3) is 0 Å². The van der Waals surface area contributed by atoms with Crippen LogP contribution in [0.1, 0.15) is 12.8 Å². The molecule has 0 saturated heterocycles. The Morgan fingerprint density at radius 2 is 1.78 bits per heavy atom. The Labute approximate surface area is 106 Å². The predicted octanol–water partition coefficient (Wildman–Crippen LogP) is 4.00. The van der Waals surface area contributed by atoms with E-state index in [4.69, 9.17) is 0 Å². The van der Waals surface area contributed by atoms with Crippen molar-refractivity contribution in [2.75, 3.05) is 11.9 Å². The number of nitrogens with zero attached hydrogens (tertiary/aromatic N) is 1. The second-order valence-corrected chi connectivity index (χ2v) is 5.00. The molecule has 2 heterocycles. The zero-order valence-corrected chi connectivity index (χ0v) is 10.3. The zero-order chi connectivity index (χ0) is 11.9. The number of anilines is 1. The Bertz CT molecular complexity index is 724. The molecule has 0 aliphatic carbocycles. The van der Waals surface area contributed by atoms with Gasteiger partial charge in [0, 0.05) is 29.4 Å². The van der Waals surface area contributed by atoms with E-state index in [1.165, 1.54) is 40.3 Å². The highest BCUT2D eigenvalue weighted by Crippen LogP contribution is 2.34. The van der Waals surface area contributed by atoms with E-state index in [2.05, 4.69) is 52.3 Å². The summed E-state index contributed by atoms with van der Waals surface area (Å²) in [6.07, 6.45) is 2.48. The number of fused-ring (bicyclic) bond motifs is 3. The molecule has 18 heavy (non-hydrogen) atoms. The minimum Gasteiger partial charge on any atom is -0.383 e. The molecule has 2 aromatic carbocycles. The van der Waals surface area contributed by atoms with Crippen molar-refractivity contribution in [1.29, 1.82) is 0 Å². The molecule has 0 amide bonds. The van der Waals surface area contributed by atoms with E-state index in [-0.39, 0.29) is 0 Å². The summed E-state index contributed by atoms with van der Waals surface area (Å²) >= 11 is 0. The molecule has 1 aliphatic heterocycles. The van der Waals surface area contributed by atoms with Gasteiger partial charge in [0.1, 0.15) is 0 Å². The average Bonchev–Trinajstić information content (AvgIpc) is 2.70. The number of rotatable bonds is 0. The fraction of sp³-hybridized carbons (Fsp3) is 0.250. The molecule has 0 saturated carbocycles. The van der Waals surface area contributed by atoms with Crippen molar-refractivity contribution in [3.8, 4) is 0 Å². The normalized spacial score (nSPS) is 15.3. The molecule has 4 rings (SSSR count). The van der Waals surface area contributed by atoms with E-state index in [0.29, 0.717) is 0 Å². The van der Waals surface area contributed by atoms with Crippen LogP contribution in [0.5, 0.6) is 0 Å². The Morgan fingerprint density at radius 1 is 0.889 bits per heavy atom. The number of nitrogens with one attached hydrogen (secondary N) is 1. The van der Waals surface area contributed by atoms with E-state index in [1.807, 2.05) is 0 Å². The first-order valence-corrected chi connectivity index (χ1v) is 6.69. The lowest BCUT2D eigenvalue weighted by molar-refractivity contribution is 0.644. The summed E-state index contributed by atoms with van der Waals surface area (Å²) in [6, 6.07) is 15.3. The van der Waals surface area contributed by atoms with Gasteiger partial charge in [0.05, 0.1) is 11.2 Å². The molecule has 0 fully saturated rings. The van der Waals surface area contributed by atoms with Crippen LogP contribution >= 0.6 is 0 Å². The maximum absolute atomic E-state index is 3.57. The van der Waals surface area contributed by atoms with Crippen LogP contribution in [-0.2, 0) is 6.54 Å². The lowest BCUT2D eigenvalue weighted by Gasteiger charge is -2.16. The SMILES string of the molecule is c1ccc2c(c1)c1cccc3c1n2CCCCN3. The molecule has 0 bridgehead atoms. The number of aromatic nitrogens is 1. The summed E-state index contributed by atoms with van der Waals surface area (Å²) in [7, 11) is 0. The highest BCUT2D eigenvalue weighted by atomic mass is 15.0. The van der Waals surface area contributed by atoms with Crippen molar-refractivity contribution < 1.29 is 0 Å². The third-order valence-corrected chi connectivity index (χ3v) is 3.91. The monoisotopic (exact) mass is 236 g/mol. The van der Waals surface area contributed by atoms with Gasteiger partial charge in [-0.15, -0.1) is 0 Å². The first-order chi connectivity index (χ1) is 8.95. The first kappa shape index (κ1) is 10.0. The zero-order valence-electron chi connectivity index (χ0n) is 10.3. The van der Waals surface area contributed by atoms with Crippen molar-refractivity contribution >= 4 is 27.5 Å². The molecule has 0 spiro atoms. The molecular weight excluding hydrogens is 220 g/mol. The molecule has 0 atom stereocenters. The average molecular weight is 236 g/mol. The quantitative estimate of drug-likeness (QED) is 0.624. The second kappa shape index (κ2) is 3.77. The molecule has 3 aromatic rings. The van der Waals surface area contributed by atoms with Crippen LogP contribution in [0, 0.1) is 0 Å². The molecule has 0 unspecified atom stereocenters. The summed E-state index contributed by atoms with van der Waals surface area (Å²) in [5, 5.41) is 6.32. The van der Waals surface area contributed by atoms with Crippen LogP contribution in [0.15, 0.2) is 42.5 Å². The van der Waals surface area contributed by atoms with Crippen LogP contribution in [0.3, 0.4) is 0 Å². The van der Waals surface area contributed by atoms with Crippen molar-refractivity contribution in [3.63, 3.8) is 0 Å². The van der Waals surface area contributed by atoms with Gasteiger partial charge in [-0.25, -0.2) is 0 Å². The summed E-state index contributed by atoms with van der Waals surface area (Å²) in [4.78, 5) is 0. The number of aryl methyl sites for hydroxylation is 1. The van der Waals surface area contributed by atoms with E-state index >= 15 is 0 Å². The molecule has 0 radical (unpaired) electrons.